The van der Waals surface area contributed by atoms with Gasteiger partial charge >= 0.3 is 0 Å². The Morgan fingerprint density at radius 2 is 1.82 bits per heavy atom. The van der Waals surface area contributed by atoms with Crippen molar-refractivity contribution in [3.8, 4) is 0 Å². The highest BCUT2D eigenvalue weighted by molar-refractivity contribution is 6.30. The molecule has 1 fully saturated rings. The molecule has 1 aliphatic rings. The molecule has 1 aromatic carbocycles. The van der Waals surface area contributed by atoms with Gasteiger partial charge in [0.15, 0.2) is 0 Å². The summed E-state index contributed by atoms with van der Waals surface area (Å²) >= 11 is 5.97. The number of halogens is 1. The van der Waals surface area contributed by atoms with Crippen LogP contribution in [0.2, 0.25) is 5.02 Å². The fourth-order valence-corrected chi connectivity index (χ4v) is 3.07. The van der Waals surface area contributed by atoms with Crippen LogP contribution in [0.3, 0.4) is 0 Å². The van der Waals surface area contributed by atoms with Gasteiger partial charge in [-0.1, -0.05) is 24.4 Å². The second kappa shape index (κ2) is 7.63. The van der Waals surface area contributed by atoms with E-state index in [9.17, 15) is 9.59 Å². The van der Waals surface area contributed by atoms with Crippen molar-refractivity contribution in [2.75, 3.05) is 24.5 Å². The third kappa shape index (κ3) is 4.23. The van der Waals surface area contributed by atoms with Crippen LogP contribution in [0.4, 0.5) is 5.69 Å². The van der Waals surface area contributed by atoms with E-state index < -0.39 is 0 Å². The van der Waals surface area contributed by atoms with Gasteiger partial charge in [0.1, 0.15) is 6.54 Å². The maximum Gasteiger partial charge on any atom is 0.242 e. The number of rotatable bonds is 3. The van der Waals surface area contributed by atoms with Crippen molar-refractivity contribution in [2.24, 2.45) is 0 Å². The standard InChI is InChI=1S/C17H23ClN2O2/c1-13-11-15(18)7-8-16(13)20(14(2)21)12-17(22)19-9-5-3-4-6-10-19/h7-8,11H,3-6,9-10,12H2,1-2H3. The van der Waals surface area contributed by atoms with Crippen molar-refractivity contribution in [3.63, 3.8) is 0 Å². The second-order valence-electron chi connectivity index (χ2n) is 5.83. The highest BCUT2D eigenvalue weighted by Gasteiger charge is 2.22. The SMILES string of the molecule is CC(=O)N(CC(=O)N1CCCCCC1)c1ccc(Cl)cc1C. The molecular formula is C17H23ClN2O2. The molecule has 1 aromatic rings. The summed E-state index contributed by atoms with van der Waals surface area (Å²) in [5.74, 6) is -0.111. The number of carbonyl (C=O) groups is 2. The Kier molecular flexibility index (Phi) is 5.83. The third-order valence-electron chi connectivity index (χ3n) is 4.08. The van der Waals surface area contributed by atoms with Crippen LogP contribution in [0.15, 0.2) is 18.2 Å². The molecule has 0 spiro atoms. The normalized spacial score (nSPS) is 15.3. The third-order valence-corrected chi connectivity index (χ3v) is 4.32. The Morgan fingerprint density at radius 3 is 2.36 bits per heavy atom. The van der Waals surface area contributed by atoms with E-state index in [4.69, 9.17) is 11.6 Å². The summed E-state index contributed by atoms with van der Waals surface area (Å²) in [5, 5.41) is 0.628. The summed E-state index contributed by atoms with van der Waals surface area (Å²) in [7, 11) is 0. The highest BCUT2D eigenvalue weighted by atomic mass is 35.5. The number of anilines is 1. The molecular weight excluding hydrogens is 300 g/mol. The molecule has 1 heterocycles. The molecule has 0 atom stereocenters. The number of amides is 2. The molecule has 0 aromatic heterocycles. The van der Waals surface area contributed by atoms with Crippen LogP contribution in [0.1, 0.15) is 38.2 Å². The lowest BCUT2D eigenvalue weighted by molar-refractivity contribution is -0.131. The Balaban J connectivity index is 2.14. The zero-order chi connectivity index (χ0) is 16.1. The molecule has 120 valence electrons. The first-order valence-corrected chi connectivity index (χ1v) is 8.19. The monoisotopic (exact) mass is 322 g/mol. The van der Waals surface area contributed by atoms with E-state index in [-0.39, 0.29) is 18.4 Å². The molecule has 4 nitrogen and oxygen atoms in total. The molecule has 0 saturated carbocycles. The predicted molar refractivity (Wildman–Crippen MR) is 89.3 cm³/mol. The minimum absolute atomic E-state index is 0.0199. The summed E-state index contributed by atoms with van der Waals surface area (Å²) in [6, 6.07) is 5.36. The number of likely N-dealkylation sites (tertiary alicyclic amines) is 1. The Morgan fingerprint density at radius 1 is 1.18 bits per heavy atom. The van der Waals surface area contributed by atoms with Crippen LogP contribution >= 0.6 is 11.6 Å². The number of hydrogen-bond donors (Lipinski definition) is 0. The smallest absolute Gasteiger partial charge is 0.242 e. The second-order valence-corrected chi connectivity index (χ2v) is 6.27. The molecule has 0 bridgehead atoms. The van der Waals surface area contributed by atoms with Gasteiger partial charge in [0.05, 0.1) is 0 Å². The van der Waals surface area contributed by atoms with Crippen molar-refractivity contribution in [3.05, 3.63) is 28.8 Å². The summed E-state index contributed by atoms with van der Waals surface area (Å²) < 4.78 is 0. The van der Waals surface area contributed by atoms with Crippen molar-refractivity contribution in [2.45, 2.75) is 39.5 Å². The maximum atomic E-state index is 12.5. The molecule has 22 heavy (non-hydrogen) atoms. The molecule has 2 amide bonds. The largest absolute Gasteiger partial charge is 0.341 e. The zero-order valence-electron chi connectivity index (χ0n) is 13.3. The highest BCUT2D eigenvalue weighted by Crippen LogP contribution is 2.24. The number of carbonyl (C=O) groups excluding carboxylic acids is 2. The van der Waals surface area contributed by atoms with Crippen molar-refractivity contribution < 1.29 is 9.59 Å². The first-order valence-electron chi connectivity index (χ1n) is 7.81. The number of nitrogens with zero attached hydrogens (tertiary/aromatic N) is 2. The van der Waals surface area contributed by atoms with Gasteiger partial charge in [0, 0.05) is 30.7 Å². The van der Waals surface area contributed by atoms with Gasteiger partial charge in [-0.3, -0.25) is 9.59 Å². The van der Waals surface area contributed by atoms with Crippen LogP contribution in [0.5, 0.6) is 0 Å². The van der Waals surface area contributed by atoms with E-state index in [0.29, 0.717) is 5.02 Å². The van der Waals surface area contributed by atoms with Gasteiger partial charge in [0.25, 0.3) is 0 Å². The van der Waals surface area contributed by atoms with Crippen molar-refractivity contribution in [1.82, 2.24) is 4.90 Å². The van der Waals surface area contributed by atoms with Crippen LogP contribution in [0.25, 0.3) is 0 Å². The lowest BCUT2D eigenvalue weighted by atomic mass is 10.1. The quantitative estimate of drug-likeness (QED) is 0.855. The Bertz CT molecular complexity index is 552. The average Bonchev–Trinajstić information content (AvgIpc) is 2.74. The van der Waals surface area contributed by atoms with E-state index in [1.807, 2.05) is 17.9 Å². The average molecular weight is 323 g/mol. The van der Waals surface area contributed by atoms with E-state index in [1.54, 1.807) is 17.0 Å². The topological polar surface area (TPSA) is 40.6 Å². The van der Waals surface area contributed by atoms with Gasteiger partial charge < -0.3 is 9.80 Å². The minimum Gasteiger partial charge on any atom is -0.341 e. The van der Waals surface area contributed by atoms with Crippen molar-refractivity contribution >= 4 is 29.1 Å². The van der Waals surface area contributed by atoms with Gasteiger partial charge in [-0.05, 0) is 43.5 Å². The first-order chi connectivity index (χ1) is 10.5. The molecule has 0 aliphatic carbocycles. The fourth-order valence-electron chi connectivity index (χ4n) is 2.84. The van der Waals surface area contributed by atoms with E-state index in [0.717, 1.165) is 37.2 Å². The lowest BCUT2D eigenvalue weighted by Gasteiger charge is -2.27. The number of hydrogen-bond acceptors (Lipinski definition) is 2. The summed E-state index contributed by atoms with van der Waals surface area (Å²) in [6.45, 7) is 5.07. The summed E-state index contributed by atoms with van der Waals surface area (Å²) in [4.78, 5) is 27.9. The van der Waals surface area contributed by atoms with Gasteiger partial charge in [0.2, 0.25) is 11.8 Å². The van der Waals surface area contributed by atoms with E-state index in [2.05, 4.69) is 0 Å². The number of aryl methyl sites for hydroxylation is 1. The minimum atomic E-state index is -0.131. The van der Waals surface area contributed by atoms with Gasteiger partial charge in [-0.2, -0.15) is 0 Å². The molecule has 0 N–H and O–H groups in total. The summed E-state index contributed by atoms with van der Waals surface area (Å²) in [6.07, 6.45) is 4.45. The van der Waals surface area contributed by atoms with E-state index >= 15 is 0 Å². The van der Waals surface area contributed by atoms with Crippen LogP contribution in [-0.4, -0.2) is 36.3 Å². The van der Waals surface area contributed by atoms with Crippen molar-refractivity contribution in [1.29, 1.82) is 0 Å². The molecule has 2 rings (SSSR count). The van der Waals surface area contributed by atoms with Crippen LogP contribution in [0, 0.1) is 6.92 Å². The lowest BCUT2D eigenvalue weighted by Crippen LogP contribution is -2.43. The molecule has 0 radical (unpaired) electrons. The predicted octanol–water partition coefficient (Wildman–Crippen LogP) is 3.40. The number of benzene rings is 1. The van der Waals surface area contributed by atoms with Gasteiger partial charge in [-0.25, -0.2) is 0 Å². The van der Waals surface area contributed by atoms with Gasteiger partial charge in [-0.15, -0.1) is 0 Å². The Hall–Kier alpha value is -1.55. The van der Waals surface area contributed by atoms with Crippen LogP contribution < -0.4 is 4.90 Å². The molecule has 1 saturated heterocycles. The molecule has 5 heteroatoms. The van der Waals surface area contributed by atoms with E-state index in [1.165, 1.54) is 19.8 Å². The maximum absolute atomic E-state index is 12.5. The fraction of sp³-hybridized carbons (Fsp3) is 0.529. The molecule has 0 unspecified atom stereocenters. The first kappa shape index (κ1) is 16.8. The summed E-state index contributed by atoms with van der Waals surface area (Å²) in [5.41, 5.74) is 1.64. The Labute approximate surface area is 137 Å². The van der Waals surface area contributed by atoms with Crippen LogP contribution in [-0.2, 0) is 9.59 Å². The molecule has 1 aliphatic heterocycles. The zero-order valence-corrected chi connectivity index (χ0v) is 14.0.